The Bertz CT molecular complexity index is 789. The van der Waals surface area contributed by atoms with Crippen LogP contribution in [-0.4, -0.2) is 23.8 Å². The highest BCUT2D eigenvalue weighted by molar-refractivity contribution is 6.39. The molecule has 0 fully saturated rings. The molecule has 8 heteroatoms. The van der Waals surface area contributed by atoms with Crippen LogP contribution in [0, 0.1) is 10.1 Å². The Balaban J connectivity index is 1.98. The van der Waals surface area contributed by atoms with E-state index in [9.17, 15) is 19.7 Å². The molecular formula is C17H17N3O5. The van der Waals surface area contributed by atoms with E-state index in [4.69, 9.17) is 4.74 Å². The lowest BCUT2D eigenvalue weighted by Gasteiger charge is -2.14. The van der Waals surface area contributed by atoms with Crippen LogP contribution >= 0.6 is 0 Å². The van der Waals surface area contributed by atoms with Crippen LogP contribution in [0.4, 0.5) is 11.4 Å². The smallest absolute Gasteiger partial charge is 0.313 e. The molecule has 0 saturated carbocycles. The number of nitrogens with one attached hydrogen (secondary N) is 2. The minimum atomic E-state index is -0.902. The molecule has 0 bridgehead atoms. The standard InChI is InChI=1S/C17H17N3O5/c1-11(12-6-8-15(25-2)9-7-12)18-16(21)17(22)19-13-4-3-5-14(10-13)20(23)24/h3-11H,1-2H3,(H,18,21)(H,19,22). The fraction of sp³-hybridized carbons (Fsp3) is 0.176. The molecule has 1 unspecified atom stereocenters. The Morgan fingerprint density at radius 3 is 2.40 bits per heavy atom. The third-order valence-corrected chi connectivity index (χ3v) is 3.48. The minimum absolute atomic E-state index is 0.173. The van der Waals surface area contributed by atoms with Crippen molar-refractivity contribution in [1.29, 1.82) is 0 Å². The maximum absolute atomic E-state index is 12.0. The van der Waals surface area contributed by atoms with Crippen LogP contribution in [0.25, 0.3) is 0 Å². The van der Waals surface area contributed by atoms with E-state index in [1.54, 1.807) is 38.3 Å². The van der Waals surface area contributed by atoms with Crippen LogP contribution in [-0.2, 0) is 9.59 Å². The quantitative estimate of drug-likeness (QED) is 0.492. The number of non-ortho nitro benzene ring substituents is 1. The summed E-state index contributed by atoms with van der Waals surface area (Å²) in [5, 5.41) is 15.6. The zero-order chi connectivity index (χ0) is 18.4. The summed E-state index contributed by atoms with van der Waals surface area (Å²) in [5.41, 5.74) is 0.800. The highest BCUT2D eigenvalue weighted by Gasteiger charge is 2.18. The third kappa shape index (κ3) is 4.77. The van der Waals surface area contributed by atoms with Gasteiger partial charge in [-0.2, -0.15) is 0 Å². The average molecular weight is 343 g/mol. The van der Waals surface area contributed by atoms with E-state index in [0.717, 1.165) is 5.56 Å². The lowest BCUT2D eigenvalue weighted by molar-refractivity contribution is -0.384. The number of amides is 2. The van der Waals surface area contributed by atoms with Crippen molar-refractivity contribution < 1.29 is 19.2 Å². The molecule has 2 N–H and O–H groups in total. The van der Waals surface area contributed by atoms with E-state index in [2.05, 4.69) is 10.6 Å². The largest absolute Gasteiger partial charge is 0.497 e. The second-order valence-electron chi connectivity index (χ2n) is 5.23. The normalized spacial score (nSPS) is 11.3. The summed E-state index contributed by atoms with van der Waals surface area (Å²) in [6.45, 7) is 1.74. The number of carbonyl (C=O) groups excluding carboxylic acids is 2. The molecule has 0 heterocycles. The number of rotatable bonds is 5. The maximum atomic E-state index is 12.0. The van der Waals surface area contributed by atoms with E-state index < -0.39 is 22.8 Å². The van der Waals surface area contributed by atoms with Gasteiger partial charge in [0.1, 0.15) is 5.75 Å². The molecule has 0 spiro atoms. The number of hydrogen-bond acceptors (Lipinski definition) is 5. The molecule has 0 aliphatic carbocycles. The topological polar surface area (TPSA) is 111 Å². The summed E-state index contributed by atoms with van der Waals surface area (Å²) in [6, 6.07) is 12.0. The van der Waals surface area contributed by atoms with Gasteiger partial charge >= 0.3 is 11.8 Å². The zero-order valence-corrected chi connectivity index (χ0v) is 13.7. The van der Waals surface area contributed by atoms with Crippen molar-refractivity contribution in [3.05, 3.63) is 64.2 Å². The van der Waals surface area contributed by atoms with E-state index in [-0.39, 0.29) is 11.4 Å². The van der Waals surface area contributed by atoms with Crippen LogP contribution in [0.5, 0.6) is 5.75 Å². The van der Waals surface area contributed by atoms with Crippen molar-refractivity contribution in [2.45, 2.75) is 13.0 Å². The Morgan fingerprint density at radius 2 is 1.80 bits per heavy atom. The first-order valence-corrected chi connectivity index (χ1v) is 7.41. The number of nitro benzene ring substituents is 1. The summed E-state index contributed by atoms with van der Waals surface area (Å²) in [6.07, 6.45) is 0. The molecule has 0 saturated heterocycles. The molecule has 0 aromatic heterocycles. The van der Waals surface area contributed by atoms with Gasteiger partial charge in [-0.1, -0.05) is 18.2 Å². The van der Waals surface area contributed by atoms with Crippen LogP contribution in [0.1, 0.15) is 18.5 Å². The van der Waals surface area contributed by atoms with Crippen molar-refractivity contribution in [2.24, 2.45) is 0 Å². The molecule has 1 atom stereocenters. The first kappa shape index (κ1) is 17.9. The lowest BCUT2D eigenvalue weighted by Crippen LogP contribution is -2.36. The minimum Gasteiger partial charge on any atom is -0.497 e. The van der Waals surface area contributed by atoms with Crippen molar-refractivity contribution in [3.8, 4) is 5.75 Å². The first-order chi connectivity index (χ1) is 11.9. The van der Waals surface area contributed by atoms with Gasteiger partial charge in [0, 0.05) is 17.8 Å². The number of anilines is 1. The Labute approximate surface area is 144 Å². The van der Waals surface area contributed by atoms with Gasteiger partial charge in [0.25, 0.3) is 5.69 Å². The second kappa shape index (κ2) is 7.91. The lowest BCUT2D eigenvalue weighted by atomic mass is 10.1. The number of methoxy groups -OCH3 is 1. The highest BCUT2D eigenvalue weighted by Crippen LogP contribution is 2.18. The monoisotopic (exact) mass is 343 g/mol. The highest BCUT2D eigenvalue weighted by atomic mass is 16.6. The van der Waals surface area contributed by atoms with Gasteiger partial charge in [-0.25, -0.2) is 0 Å². The Morgan fingerprint density at radius 1 is 1.12 bits per heavy atom. The molecule has 8 nitrogen and oxygen atoms in total. The molecular weight excluding hydrogens is 326 g/mol. The Hall–Kier alpha value is -3.42. The summed E-state index contributed by atoms with van der Waals surface area (Å²) >= 11 is 0. The fourth-order valence-corrected chi connectivity index (χ4v) is 2.12. The van der Waals surface area contributed by atoms with E-state index in [0.29, 0.717) is 5.75 Å². The van der Waals surface area contributed by atoms with Crippen molar-refractivity contribution in [2.75, 3.05) is 12.4 Å². The summed E-state index contributed by atoms with van der Waals surface area (Å²) in [7, 11) is 1.55. The van der Waals surface area contributed by atoms with Crippen LogP contribution < -0.4 is 15.4 Å². The second-order valence-corrected chi connectivity index (χ2v) is 5.23. The van der Waals surface area contributed by atoms with Crippen LogP contribution in [0.3, 0.4) is 0 Å². The third-order valence-electron chi connectivity index (χ3n) is 3.48. The predicted octanol–water partition coefficient (Wildman–Crippen LogP) is 2.42. The number of ether oxygens (including phenoxy) is 1. The molecule has 0 aliphatic rings. The number of nitrogens with zero attached hydrogens (tertiary/aromatic N) is 1. The summed E-state index contributed by atoms with van der Waals surface area (Å²) in [5.74, 6) is -1.05. The zero-order valence-electron chi connectivity index (χ0n) is 13.7. The summed E-state index contributed by atoms with van der Waals surface area (Å²) < 4.78 is 5.06. The van der Waals surface area contributed by atoms with Crippen molar-refractivity contribution in [1.82, 2.24) is 5.32 Å². The van der Waals surface area contributed by atoms with Gasteiger partial charge in [0.2, 0.25) is 0 Å². The van der Waals surface area contributed by atoms with Gasteiger partial charge in [0.05, 0.1) is 18.1 Å². The molecule has 0 radical (unpaired) electrons. The predicted molar refractivity (Wildman–Crippen MR) is 91.3 cm³/mol. The molecule has 2 aromatic carbocycles. The molecule has 130 valence electrons. The molecule has 2 amide bonds. The van der Waals surface area contributed by atoms with E-state index in [1.165, 1.54) is 24.3 Å². The van der Waals surface area contributed by atoms with Gasteiger partial charge in [-0.15, -0.1) is 0 Å². The number of carbonyl (C=O) groups is 2. The van der Waals surface area contributed by atoms with Gasteiger partial charge in [-0.3, -0.25) is 19.7 Å². The van der Waals surface area contributed by atoms with Crippen LogP contribution in [0.15, 0.2) is 48.5 Å². The number of benzene rings is 2. The summed E-state index contributed by atoms with van der Waals surface area (Å²) in [4.78, 5) is 34.1. The van der Waals surface area contributed by atoms with Crippen molar-refractivity contribution >= 4 is 23.2 Å². The van der Waals surface area contributed by atoms with Crippen molar-refractivity contribution in [3.63, 3.8) is 0 Å². The van der Waals surface area contributed by atoms with Gasteiger partial charge < -0.3 is 15.4 Å². The molecule has 2 aromatic rings. The number of hydrogen-bond donors (Lipinski definition) is 2. The first-order valence-electron chi connectivity index (χ1n) is 7.41. The fourth-order valence-electron chi connectivity index (χ4n) is 2.12. The maximum Gasteiger partial charge on any atom is 0.313 e. The van der Waals surface area contributed by atoms with E-state index >= 15 is 0 Å². The van der Waals surface area contributed by atoms with Crippen LogP contribution in [0.2, 0.25) is 0 Å². The molecule has 0 aliphatic heterocycles. The average Bonchev–Trinajstić information content (AvgIpc) is 2.61. The SMILES string of the molecule is COc1ccc(C(C)NC(=O)C(=O)Nc2cccc([N+](=O)[O-])c2)cc1. The molecule has 2 rings (SSSR count). The Kier molecular flexibility index (Phi) is 5.67. The number of nitro groups is 1. The van der Waals surface area contributed by atoms with Gasteiger partial charge in [-0.05, 0) is 30.7 Å². The van der Waals surface area contributed by atoms with E-state index in [1.807, 2.05) is 0 Å². The molecule has 25 heavy (non-hydrogen) atoms. The van der Waals surface area contributed by atoms with Gasteiger partial charge in [0.15, 0.2) is 0 Å².